The van der Waals surface area contributed by atoms with Crippen molar-refractivity contribution in [1.29, 1.82) is 0 Å². The maximum atomic E-state index is 5.51. The van der Waals surface area contributed by atoms with Gasteiger partial charge in [0.25, 0.3) is 0 Å². The van der Waals surface area contributed by atoms with E-state index in [0.717, 1.165) is 13.0 Å². The Balaban J connectivity index is 1.73. The summed E-state index contributed by atoms with van der Waals surface area (Å²) < 4.78 is 5.51. The average molecular weight is 391 g/mol. The SMILES string of the molecule is COC[C@H]1CCCN1[C@@H](C)C1=C(P(c2ccccc2)c2ccccc2)C=CC1. The lowest BCUT2D eigenvalue weighted by atomic mass is 10.1. The lowest BCUT2D eigenvalue weighted by Gasteiger charge is -2.33. The molecule has 0 amide bonds. The molecule has 0 unspecified atom stereocenters. The van der Waals surface area contributed by atoms with E-state index in [-0.39, 0.29) is 0 Å². The number of allylic oxidation sites excluding steroid dienone is 3. The summed E-state index contributed by atoms with van der Waals surface area (Å²) in [6.45, 7) is 4.42. The molecule has 0 N–H and O–H groups in total. The van der Waals surface area contributed by atoms with Crippen LogP contribution < -0.4 is 10.6 Å². The first kappa shape index (κ1) is 19.6. The standard InChI is InChI=1S/C25H30NOP/c1-20(26-18-10-11-21(26)19-27-2)24-16-9-17-25(24)28(22-12-5-3-6-13-22)23-14-7-4-8-15-23/h3-9,12-15,17,20-21H,10-11,16,18-19H2,1-2H3/t20-,21+/m0/s1. The van der Waals surface area contributed by atoms with Crippen molar-refractivity contribution in [2.75, 3.05) is 20.3 Å². The minimum Gasteiger partial charge on any atom is -0.383 e. The first-order valence-corrected chi connectivity index (χ1v) is 11.7. The molecule has 0 spiro atoms. The fraction of sp³-hybridized carbons (Fsp3) is 0.360. The summed E-state index contributed by atoms with van der Waals surface area (Å²) in [4.78, 5) is 2.68. The fourth-order valence-electron chi connectivity index (χ4n) is 4.63. The van der Waals surface area contributed by atoms with E-state index in [1.165, 1.54) is 30.0 Å². The molecule has 2 aromatic carbocycles. The van der Waals surface area contributed by atoms with Crippen LogP contribution in [-0.2, 0) is 4.74 Å². The second-order valence-electron chi connectivity index (χ2n) is 7.69. The van der Waals surface area contributed by atoms with Gasteiger partial charge in [-0.2, -0.15) is 0 Å². The minimum atomic E-state index is -0.525. The lowest BCUT2D eigenvalue weighted by molar-refractivity contribution is 0.102. The molecule has 1 aliphatic carbocycles. The molecule has 1 heterocycles. The Morgan fingerprint density at radius 3 is 2.29 bits per heavy atom. The number of likely N-dealkylation sites (tertiary alicyclic amines) is 1. The van der Waals surface area contributed by atoms with Crippen molar-refractivity contribution in [3.63, 3.8) is 0 Å². The van der Waals surface area contributed by atoms with Gasteiger partial charge in [0, 0.05) is 19.2 Å². The van der Waals surface area contributed by atoms with Gasteiger partial charge in [-0.05, 0) is 62.1 Å². The summed E-state index contributed by atoms with van der Waals surface area (Å²) in [7, 11) is 1.30. The molecule has 1 fully saturated rings. The Kier molecular flexibility index (Phi) is 6.42. The highest BCUT2D eigenvalue weighted by molar-refractivity contribution is 7.77. The number of nitrogens with zero attached hydrogens (tertiary/aromatic N) is 1. The van der Waals surface area contributed by atoms with Crippen molar-refractivity contribution in [3.8, 4) is 0 Å². The van der Waals surface area contributed by atoms with Crippen molar-refractivity contribution >= 4 is 18.5 Å². The Hall–Kier alpha value is -1.73. The molecule has 28 heavy (non-hydrogen) atoms. The molecule has 2 atom stereocenters. The molecule has 0 aromatic heterocycles. The van der Waals surface area contributed by atoms with Gasteiger partial charge in [0.05, 0.1) is 6.61 Å². The Labute approximate surface area is 170 Å². The van der Waals surface area contributed by atoms with E-state index in [9.17, 15) is 0 Å². The lowest BCUT2D eigenvalue weighted by Crippen LogP contribution is -2.40. The van der Waals surface area contributed by atoms with Gasteiger partial charge in [-0.15, -0.1) is 0 Å². The Morgan fingerprint density at radius 1 is 1.04 bits per heavy atom. The molecule has 2 nitrogen and oxygen atoms in total. The Bertz CT molecular complexity index is 791. The number of hydrogen-bond donors (Lipinski definition) is 0. The third-order valence-electron chi connectivity index (χ3n) is 6.00. The van der Waals surface area contributed by atoms with Crippen molar-refractivity contribution in [2.45, 2.75) is 38.3 Å². The highest BCUT2D eigenvalue weighted by Gasteiger charge is 2.33. The molecule has 146 valence electrons. The molecule has 2 aliphatic rings. The van der Waals surface area contributed by atoms with Gasteiger partial charge in [0.15, 0.2) is 0 Å². The first-order valence-electron chi connectivity index (χ1n) is 10.3. The van der Waals surface area contributed by atoms with Gasteiger partial charge in [-0.1, -0.05) is 72.8 Å². The van der Waals surface area contributed by atoms with E-state index in [1.54, 1.807) is 10.9 Å². The smallest absolute Gasteiger partial charge is 0.0618 e. The molecule has 1 saturated heterocycles. The van der Waals surface area contributed by atoms with Gasteiger partial charge >= 0.3 is 0 Å². The predicted octanol–water partition coefficient (Wildman–Crippen LogP) is 4.83. The summed E-state index contributed by atoms with van der Waals surface area (Å²) in [6, 6.07) is 23.1. The molecule has 4 rings (SSSR count). The van der Waals surface area contributed by atoms with Crippen LogP contribution in [0.5, 0.6) is 0 Å². The Morgan fingerprint density at radius 2 is 1.68 bits per heavy atom. The second-order valence-corrected chi connectivity index (χ2v) is 9.87. The largest absolute Gasteiger partial charge is 0.383 e. The van der Waals surface area contributed by atoms with Crippen LogP contribution in [0, 0.1) is 0 Å². The molecular formula is C25H30NOP. The molecule has 1 aliphatic heterocycles. The van der Waals surface area contributed by atoms with Gasteiger partial charge < -0.3 is 4.74 Å². The maximum absolute atomic E-state index is 5.51. The quantitative estimate of drug-likeness (QED) is 0.627. The second kappa shape index (κ2) is 9.18. The van der Waals surface area contributed by atoms with E-state index in [1.807, 2.05) is 7.11 Å². The van der Waals surface area contributed by atoms with E-state index in [2.05, 4.69) is 84.6 Å². The van der Waals surface area contributed by atoms with Crippen LogP contribution in [0.2, 0.25) is 0 Å². The fourth-order valence-corrected chi connectivity index (χ4v) is 7.25. The third kappa shape index (κ3) is 4.01. The summed E-state index contributed by atoms with van der Waals surface area (Å²) in [5.74, 6) is 0. The zero-order valence-corrected chi connectivity index (χ0v) is 17.8. The predicted molar refractivity (Wildman–Crippen MR) is 121 cm³/mol. The van der Waals surface area contributed by atoms with Crippen molar-refractivity contribution in [2.24, 2.45) is 0 Å². The van der Waals surface area contributed by atoms with Crippen LogP contribution in [-0.4, -0.2) is 37.2 Å². The van der Waals surface area contributed by atoms with Gasteiger partial charge in [0.2, 0.25) is 0 Å². The monoisotopic (exact) mass is 391 g/mol. The topological polar surface area (TPSA) is 12.5 Å². The molecule has 2 aromatic rings. The zero-order valence-electron chi connectivity index (χ0n) is 16.9. The van der Waals surface area contributed by atoms with Crippen molar-refractivity contribution in [3.05, 3.63) is 83.7 Å². The van der Waals surface area contributed by atoms with E-state index in [4.69, 9.17) is 4.74 Å². The zero-order chi connectivity index (χ0) is 19.3. The van der Waals surface area contributed by atoms with E-state index in [0.29, 0.717) is 12.1 Å². The van der Waals surface area contributed by atoms with Crippen molar-refractivity contribution in [1.82, 2.24) is 4.90 Å². The highest BCUT2D eigenvalue weighted by Crippen LogP contribution is 2.49. The highest BCUT2D eigenvalue weighted by atomic mass is 31.1. The number of ether oxygens (including phenoxy) is 1. The number of hydrogen-bond acceptors (Lipinski definition) is 2. The first-order chi connectivity index (χ1) is 13.8. The van der Waals surface area contributed by atoms with Gasteiger partial charge in [0.1, 0.15) is 0 Å². The molecule has 0 radical (unpaired) electrons. The molecular weight excluding hydrogens is 361 g/mol. The molecule has 0 bridgehead atoms. The molecule has 3 heteroatoms. The van der Waals surface area contributed by atoms with Crippen LogP contribution in [0.4, 0.5) is 0 Å². The number of rotatable bonds is 7. The minimum absolute atomic E-state index is 0.463. The normalized spacial score (nSPS) is 21.0. The van der Waals surface area contributed by atoms with Gasteiger partial charge in [-0.25, -0.2) is 0 Å². The number of methoxy groups -OCH3 is 1. The number of benzene rings is 2. The average Bonchev–Trinajstić information content (AvgIpc) is 3.40. The van der Waals surface area contributed by atoms with E-state index >= 15 is 0 Å². The van der Waals surface area contributed by atoms with Gasteiger partial charge in [-0.3, -0.25) is 4.90 Å². The summed E-state index contributed by atoms with van der Waals surface area (Å²) in [5, 5.41) is 4.41. The van der Waals surface area contributed by atoms with Crippen LogP contribution in [0.15, 0.2) is 83.7 Å². The summed E-state index contributed by atoms with van der Waals surface area (Å²) >= 11 is 0. The molecule has 0 saturated carbocycles. The van der Waals surface area contributed by atoms with Crippen molar-refractivity contribution < 1.29 is 4.74 Å². The van der Waals surface area contributed by atoms with Crippen LogP contribution in [0.3, 0.4) is 0 Å². The summed E-state index contributed by atoms with van der Waals surface area (Å²) in [6.07, 6.45) is 8.37. The van der Waals surface area contributed by atoms with E-state index < -0.39 is 7.92 Å². The third-order valence-corrected chi connectivity index (χ3v) is 8.54. The van der Waals surface area contributed by atoms with Crippen LogP contribution in [0.1, 0.15) is 26.2 Å². The summed E-state index contributed by atoms with van der Waals surface area (Å²) in [5.41, 5.74) is 1.60. The van der Waals surface area contributed by atoms with Crippen LogP contribution in [0.25, 0.3) is 0 Å². The maximum Gasteiger partial charge on any atom is 0.0618 e. The van der Waals surface area contributed by atoms with Crippen LogP contribution >= 0.6 is 7.92 Å².